The molecule has 0 amide bonds. The molecule has 5 heteroatoms. The van der Waals surface area contributed by atoms with Gasteiger partial charge in [0.15, 0.2) is 5.96 Å². The maximum Gasteiger partial charge on any atom is 0.191 e. The second kappa shape index (κ2) is 9.59. The first-order chi connectivity index (χ1) is 12.0. The van der Waals surface area contributed by atoms with Gasteiger partial charge in [-0.15, -0.1) is 11.3 Å². The van der Waals surface area contributed by atoms with Crippen molar-refractivity contribution < 1.29 is 0 Å². The lowest BCUT2D eigenvalue weighted by Gasteiger charge is -2.23. The number of nitrogens with zero attached hydrogens (tertiary/aromatic N) is 2. The van der Waals surface area contributed by atoms with Gasteiger partial charge in [0, 0.05) is 35.9 Å². The van der Waals surface area contributed by atoms with Gasteiger partial charge in [0.1, 0.15) is 0 Å². The van der Waals surface area contributed by atoms with Gasteiger partial charge in [0.2, 0.25) is 0 Å². The third-order valence-corrected chi connectivity index (χ3v) is 5.32. The van der Waals surface area contributed by atoms with E-state index in [0.29, 0.717) is 6.04 Å². The van der Waals surface area contributed by atoms with Crippen LogP contribution in [0.1, 0.15) is 34.7 Å². The predicted octanol–water partition coefficient (Wildman–Crippen LogP) is 3.76. The Hall–Kier alpha value is -1.85. The fourth-order valence-corrected chi connectivity index (χ4v) is 3.32. The summed E-state index contributed by atoms with van der Waals surface area (Å²) in [5, 5.41) is 6.82. The molecule has 2 N–H and O–H groups in total. The SMILES string of the molecule is CN=C(NCc1ccc(C)s1)NCc1ccccc1CN(C)C(C)C. The molecule has 0 radical (unpaired) electrons. The Bertz CT molecular complexity index is 691. The lowest BCUT2D eigenvalue weighted by molar-refractivity contribution is 0.265. The summed E-state index contributed by atoms with van der Waals surface area (Å²) in [4.78, 5) is 9.34. The average Bonchev–Trinajstić information content (AvgIpc) is 3.01. The van der Waals surface area contributed by atoms with Gasteiger partial charge in [-0.2, -0.15) is 0 Å². The normalized spacial score (nSPS) is 12.0. The van der Waals surface area contributed by atoms with E-state index in [1.165, 1.54) is 20.9 Å². The van der Waals surface area contributed by atoms with E-state index in [4.69, 9.17) is 0 Å². The number of hydrogen-bond donors (Lipinski definition) is 2. The van der Waals surface area contributed by atoms with Gasteiger partial charge in [-0.25, -0.2) is 0 Å². The minimum atomic E-state index is 0.532. The van der Waals surface area contributed by atoms with Crippen LogP contribution in [-0.2, 0) is 19.6 Å². The van der Waals surface area contributed by atoms with Gasteiger partial charge in [-0.1, -0.05) is 24.3 Å². The van der Waals surface area contributed by atoms with E-state index in [2.05, 4.69) is 84.7 Å². The summed E-state index contributed by atoms with van der Waals surface area (Å²) in [5.41, 5.74) is 2.67. The zero-order valence-electron chi connectivity index (χ0n) is 16.0. The fraction of sp³-hybridized carbons (Fsp3) is 0.450. The van der Waals surface area contributed by atoms with Crippen molar-refractivity contribution in [3.8, 4) is 0 Å². The molecule has 0 fully saturated rings. The highest BCUT2D eigenvalue weighted by atomic mass is 32.1. The first-order valence-corrected chi connectivity index (χ1v) is 9.58. The Kier molecular flexibility index (Phi) is 7.47. The Morgan fingerprint density at radius 3 is 2.36 bits per heavy atom. The van der Waals surface area contributed by atoms with Crippen molar-refractivity contribution in [2.75, 3.05) is 14.1 Å². The molecule has 0 aliphatic heterocycles. The van der Waals surface area contributed by atoms with Gasteiger partial charge in [0.05, 0.1) is 6.54 Å². The number of guanidine groups is 1. The van der Waals surface area contributed by atoms with Crippen LogP contribution in [0.15, 0.2) is 41.4 Å². The van der Waals surface area contributed by atoms with Crippen LogP contribution >= 0.6 is 11.3 Å². The van der Waals surface area contributed by atoms with Crippen molar-refractivity contribution in [1.82, 2.24) is 15.5 Å². The summed E-state index contributed by atoms with van der Waals surface area (Å²) in [5.74, 6) is 0.832. The number of rotatable bonds is 7. The first-order valence-electron chi connectivity index (χ1n) is 8.76. The molecule has 0 atom stereocenters. The number of benzene rings is 1. The second-order valence-corrected chi connectivity index (χ2v) is 7.94. The molecule has 0 bridgehead atoms. The van der Waals surface area contributed by atoms with Crippen molar-refractivity contribution in [3.05, 3.63) is 57.3 Å². The highest BCUT2D eigenvalue weighted by Gasteiger charge is 2.08. The Morgan fingerprint density at radius 1 is 1.08 bits per heavy atom. The van der Waals surface area contributed by atoms with E-state index in [1.54, 1.807) is 0 Å². The lowest BCUT2D eigenvalue weighted by atomic mass is 10.1. The molecule has 136 valence electrons. The summed E-state index contributed by atoms with van der Waals surface area (Å²) in [6, 6.07) is 13.5. The molecule has 0 saturated carbocycles. The van der Waals surface area contributed by atoms with Crippen molar-refractivity contribution in [1.29, 1.82) is 0 Å². The Labute approximate surface area is 156 Å². The summed E-state index contributed by atoms with van der Waals surface area (Å²) in [7, 11) is 3.98. The lowest BCUT2D eigenvalue weighted by Crippen LogP contribution is -2.36. The van der Waals surface area contributed by atoms with Crippen LogP contribution in [0, 0.1) is 6.92 Å². The van der Waals surface area contributed by atoms with E-state index < -0.39 is 0 Å². The molecule has 1 aromatic heterocycles. The molecule has 1 heterocycles. The van der Waals surface area contributed by atoms with Crippen molar-refractivity contribution >= 4 is 17.3 Å². The maximum atomic E-state index is 4.33. The maximum absolute atomic E-state index is 4.33. The minimum absolute atomic E-state index is 0.532. The van der Waals surface area contributed by atoms with E-state index in [-0.39, 0.29) is 0 Å². The number of aryl methyl sites for hydroxylation is 1. The van der Waals surface area contributed by atoms with Crippen LogP contribution in [0.5, 0.6) is 0 Å². The number of nitrogens with one attached hydrogen (secondary N) is 2. The van der Waals surface area contributed by atoms with Crippen LogP contribution in [0.3, 0.4) is 0 Å². The molecule has 25 heavy (non-hydrogen) atoms. The third kappa shape index (κ3) is 6.18. The Morgan fingerprint density at radius 2 is 1.76 bits per heavy atom. The molecule has 4 nitrogen and oxygen atoms in total. The van der Waals surface area contributed by atoms with E-state index in [9.17, 15) is 0 Å². The molecule has 2 aromatic rings. The number of thiophene rings is 1. The smallest absolute Gasteiger partial charge is 0.191 e. The molecule has 1 aromatic carbocycles. The second-order valence-electron chi connectivity index (χ2n) is 6.57. The average molecular weight is 359 g/mol. The van der Waals surface area contributed by atoms with Crippen LogP contribution in [-0.4, -0.2) is 31.0 Å². The molecular weight excluding hydrogens is 328 g/mol. The minimum Gasteiger partial charge on any atom is -0.352 e. The van der Waals surface area contributed by atoms with Crippen molar-refractivity contribution in [3.63, 3.8) is 0 Å². The number of aliphatic imine (C=N–C) groups is 1. The largest absolute Gasteiger partial charge is 0.352 e. The summed E-state index contributed by atoms with van der Waals surface area (Å²) >= 11 is 1.82. The summed E-state index contributed by atoms with van der Waals surface area (Å²) in [6.45, 7) is 9.10. The molecule has 0 saturated heterocycles. The molecule has 0 aliphatic carbocycles. The predicted molar refractivity (Wildman–Crippen MR) is 109 cm³/mol. The van der Waals surface area contributed by atoms with Crippen molar-refractivity contribution in [2.45, 2.75) is 46.4 Å². The van der Waals surface area contributed by atoms with Gasteiger partial charge in [0.25, 0.3) is 0 Å². The highest BCUT2D eigenvalue weighted by Crippen LogP contribution is 2.15. The summed E-state index contributed by atoms with van der Waals surface area (Å²) < 4.78 is 0. The molecule has 2 rings (SSSR count). The van der Waals surface area contributed by atoms with Gasteiger partial charge >= 0.3 is 0 Å². The molecule has 0 spiro atoms. The van der Waals surface area contributed by atoms with Crippen LogP contribution < -0.4 is 10.6 Å². The zero-order chi connectivity index (χ0) is 18.2. The standard InChI is InChI=1S/C20H30N4S/c1-15(2)24(5)14-18-9-7-6-8-17(18)12-22-20(21-4)23-13-19-11-10-16(3)25-19/h6-11,15H,12-14H2,1-5H3,(H2,21,22,23). The van der Waals surface area contributed by atoms with E-state index >= 15 is 0 Å². The summed E-state index contributed by atoms with van der Waals surface area (Å²) in [6.07, 6.45) is 0. The van der Waals surface area contributed by atoms with Crippen LogP contribution in [0.25, 0.3) is 0 Å². The molecule has 0 aliphatic rings. The fourth-order valence-electron chi connectivity index (χ4n) is 2.49. The third-order valence-electron chi connectivity index (χ3n) is 4.32. The molecule has 0 unspecified atom stereocenters. The first kappa shape index (κ1) is 19.5. The van der Waals surface area contributed by atoms with Crippen LogP contribution in [0.2, 0.25) is 0 Å². The Balaban J connectivity index is 1.92. The van der Waals surface area contributed by atoms with E-state index in [1.807, 2.05) is 18.4 Å². The topological polar surface area (TPSA) is 39.7 Å². The monoisotopic (exact) mass is 358 g/mol. The molecular formula is C20H30N4S. The van der Waals surface area contributed by atoms with Gasteiger partial charge < -0.3 is 10.6 Å². The van der Waals surface area contributed by atoms with E-state index in [0.717, 1.165) is 25.6 Å². The quantitative estimate of drug-likeness (QED) is 0.585. The highest BCUT2D eigenvalue weighted by molar-refractivity contribution is 7.11. The van der Waals surface area contributed by atoms with Crippen LogP contribution in [0.4, 0.5) is 0 Å². The van der Waals surface area contributed by atoms with Crippen molar-refractivity contribution in [2.24, 2.45) is 4.99 Å². The van der Waals surface area contributed by atoms with Gasteiger partial charge in [-0.05, 0) is 51.1 Å². The zero-order valence-corrected chi connectivity index (χ0v) is 16.8. The number of hydrogen-bond acceptors (Lipinski definition) is 3. The van der Waals surface area contributed by atoms with Gasteiger partial charge in [-0.3, -0.25) is 9.89 Å².